The maximum Gasteiger partial charge on any atom is 0.217 e. The van der Waals surface area contributed by atoms with Crippen molar-refractivity contribution in [2.24, 2.45) is 5.92 Å². The third-order valence-electron chi connectivity index (χ3n) is 4.95. The number of hydrogen-bond donors (Lipinski definition) is 0. The quantitative estimate of drug-likeness (QED) is 0.841. The van der Waals surface area contributed by atoms with Crippen LogP contribution in [0.5, 0.6) is 0 Å². The molecule has 0 amide bonds. The predicted molar refractivity (Wildman–Crippen MR) is 80.6 cm³/mol. The van der Waals surface area contributed by atoms with Gasteiger partial charge >= 0.3 is 0 Å². The SMILES string of the molecule is Cc1nccc([C@H]2C[C@@H]3CCN(S(=O)(=O)C4CC4)C[C@H]3O2)n1. The molecule has 6 nitrogen and oxygen atoms in total. The molecule has 0 unspecified atom stereocenters. The van der Waals surface area contributed by atoms with Crippen LogP contribution >= 0.6 is 0 Å². The Morgan fingerprint density at radius 1 is 1.32 bits per heavy atom. The molecule has 3 fully saturated rings. The summed E-state index contributed by atoms with van der Waals surface area (Å²) in [5.74, 6) is 1.18. The van der Waals surface area contributed by atoms with Gasteiger partial charge in [0.25, 0.3) is 0 Å². The van der Waals surface area contributed by atoms with E-state index in [4.69, 9.17) is 4.74 Å². The van der Waals surface area contributed by atoms with Gasteiger partial charge in [0, 0.05) is 19.3 Å². The summed E-state index contributed by atoms with van der Waals surface area (Å²) >= 11 is 0. The van der Waals surface area contributed by atoms with Gasteiger partial charge in [-0.1, -0.05) is 0 Å². The van der Waals surface area contributed by atoms with Gasteiger partial charge in [0.2, 0.25) is 10.0 Å². The van der Waals surface area contributed by atoms with Crippen molar-refractivity contribution >= 4 is 10.0 Å². The van der Waals surface area contributed by atoms with E-state index in [2.05, 4.69) is 9.97 Å². The minimum absolute atomic E-state index is 0.00236. The van der Waals surface area contributed by atoms with E-state index >= 15 is 0 Å². The van der Waals surface area contributed by atoms with Crippen LogP contribution < -0.4 is 0 Å². The Hall–Kier alpha value is -1.05. The van der Waals surface area contributed by atoms with Crippen molar-refractivity contribution in [3.63, 3.8) is 0 Å². The van der Waals surface area contributed by atoms with Gasteiger partial charge in [-0.2, -0.15) is 4.31 Å². The molecule has 0 bridgehead atoms. The summed E-state index contributed by atoms with van der Waals surface area (Å²) in [6.45, 7) is 3.01. The molecular weight excluding hydrogens is 302 g/mol. The number of aromatic nitrogens is 2. The van der Waals surface area contributed by atoms with E-state index in [0.29, 0.717) is 19.0 Å². The molecule has 3 heterocycles. The zero-order valence-electron chi connectivity index (χ0n) is 12.7. The van der Waals surface area contributed by atoms with Crippen LogP contribution in [0.2, 0.25) is 0 Å². The first kappa shape index (κ1) is 14.5. The zero-order valence-corrected chi connectivity index (χ0v) is 13.5. The van der Waals surface area contributed by atoms with Crippen molar-refractivity contribution in [3.05, 3.63) is 23.8 Å². The Labute approximate surface area is 131 Å². The lowest BCUT2D eigenvalue weighted by Gasteiger charge is -2.33. The lowest BCUT2D eigenvalue weighted by Crippen LogP contribution is -2.46. The second kappa shape index (κ2) is 5.25. The lowest BCUT2D eigenvalue weighted by molar-refractivity contribution is 0.00852. The highest BCUT2D eigenvalue weighted by Crippen LogP contribution is 2.42. The molecule has 2 aliphatic heterocycles. The molecule has 3 aliphatic rings. The first-order valence-corrected chi connectivity index (χ1v) is 9.48. The van der Waals surface area contributed by atoms with Crippen LogP contribution in [0.3, 0.4) is 0 Å². The number of fused-ring (bicyclic) bond motifs is 1. The number of ether oxygens (including phenoxy) is 1. The second-order valence-corrected chi connectivity index (χ2v) is 8.79. The van der Waals surface area contributed by atoms with Crippen molar-refractivity contribution in [1.82, 2.24) is 14.3 Å². The van der Waals surface area contributed by atoms with Gasteiger partial charge in [0.05, 0.1) is 17.0 Å². The van der Waals surface area contributed by atoms with Gasteiger partial charge < -0.3 is 4.74 Å². The van der Waals surface area contributed by atoms with Crippen molar-refractivity contribution in [2.75, 3.05) is 13.1 Å². The zero-order chi connectivity index (χ0) is 15.3. The van der Waals surface area contributed by atoms with E-state index in [-0.39, 0.29) is 17.5 Å². The fourth-order valence-corrected chi connectivity index (χ4v) is 5.42. The molecule has 1 aromatic heterocycles. The summed E-state index contributed by atoms with van der Waals surface area (Å²) in [6.07, 6.45) is 5.18. The van der Waals surface area contributed by atoms with Crippen molar-refractivity contribution < 1.29 is 13.2 Å². The van der Waals surface area contributed by atoms with Gasteiger partial charge in [-0.15, -0.1) is 0 Å². The minimum atomic E-state index is -3.09. The summed E-state index contributed by atoms with van der Waals surface area (Å²) in [4.78, 5) is 8.57. The molecule has 4 rings (SSSR count). The maximum atomic E-state index is 12.4. The largest absolute Gasteiger partial charge is 0.367 e. The summed E-state index contributed by atoms with van der Waals surface area (Å²) in [6, 6.07) is 1.90. The molecule has 120 valence electrons. The van der Waals surface area contributed by atoms with E-state index in [1.807, 2.05) is 13.0 Å². The highest BCUT2D eigenvalue weighted by molar-refractivity contribution is 7.90. The summed E-state index contributed by atoms with van der Waals surface area (Å²) in [7, 11) is -3.09. The third-order valence-corrected chi connectivity index (χ3v) is 7.31. The average Bonchev–Trinajstić information content (AvgIpc) is 3.27. The standard InChI is InChI=1S/C15H21N3O3S/c1-10-16-6-4-13(17-10)14-8-11-5-7-18(9-15(11)21-14)22(19,20)12-2-3-12/h4,6,11-12,14-15H,2-3,5,7-9H2,1H3/t11-,14+,15+/m0/s1. The number of nitrogens with zero attached hydrogens (tertiary/aromatic N) is 3. The average molecular weight is 323 g/mol. The molecule has 7 heteroatoms. The molecule has 0 spiro atoms. The fraction of sp³-hybridized carbons (Fsp3) is 0.733. The van der Waals surface area contributed by atoms with Gasteiger partial charge in [0.15, 0.2) is 0 Å². The molecule has 0 N–H and O–H groups in total. The maximum absolute atomic E-state index is 12.4. The van der Waals surface area contributed by atoms with Gasteiger partial charge in [-0.05, 0) is 44.6 Å². The number of piperidine rings is 1. The van der Waals surface area contributed by atoms with Crippen LogP contribution in [0.15, 0.2) is 12.3 Å². The Morgan fingerprint density at radius 3 is 2.86 bits per heavy atom. The normalized spacial score (nSPS) is 32.9. The summed E-state index contributed by atoms with van der Waals surface area (Å²) in [5, 5.41) is -0.134. The van der Waals surface area contributed by atoms with Crippen LogP contribution in [0, 0.1) is 12.8 Å². The highest BCUT2D eigenvalue weighted by atomic mass is 32.2. The Balaban J connectivity index is 1.48. The molecule has 1 aromatic rings. The van der Waals surface area contributed by atoms with Crippen molar-refractivity contribution in [2.45, 2.75) is 50.1 Å². The molecule has 0 aromatic carbocycles. The fourth-order valence-electron chi connectivity index (χ4n) is 3.55. The Kier molecular flexibility index (Phi) is 3.47. The lowest BCUT2D eigenvalue weighted by atomic mass is 9.92. The first-order valence-electron chi connectivity index (χ1n) is 7.98. The van der Waals surface area contributed by atoms with Crippen LogP contribution in [0.25, 0.3) is 0 Å². The van der Waals surface area contributed by atoms with Gasteiger partial charge in [-0.25, -0.2) is 18.4 Å². The van der Waals surface area contributed by atoms with Crippen molar-refractivity contribution in [1.29, 1.82) is 0 Å². The van der Waals surface area contributed by atoms with Gasteiger partial charge in [-0.3, -0.25) is 0 Å². The number of sulfonamides is 1. The number of rotatable bonds is 3. The topological polar surface area (TPSA) is 72.4 Å². The summed E-state index contributed by atoms with van der Waals surface area (Å²) in [5.41, 5.74) is 0.915. The van der Waals surface area contributed by atoms with Gasteiger partial charge in [0.1, 0.15) is 11.9 Å². The third kappa shape index (κ3) is 2.55. The molecule has 3 atom stereocenters. The van der Waals surface area contributed by atoms with Crippen molar-refractivity contribution in [3.8, 4) is 0 Å². The van der Waals surface area contributed by atoms with E-state index in [0.717, 1.165) is 37.2 Å². The molecular formula is C15H21N3O3S. The Morgan fingerprint density at radius 2 is 2.14 bits per heavy atom. The Bertz CT molecular complexity index is 674. The molecule has 22 heavy (non-hydrogen) atoms. The second-order valence-electron chi connectivity index (χ2n) is 6.58. The summed E-state index contributed by atoms with van der Waals surface area (Å²) < 4.78 is 32.6. The number of aryl methyl sites for hydroxylation is 1. The van der Waals surface area contributed by atoms with E-state index < -0.39 is 10.0 Å². The van der Waals surface area contributed by atoms with Crippen LogP contribution in [0.4, 0.5) is 0 Å². The monoisotopic (exact) mass is 323 g/mol. The molecule has 1 saturated carbocycles. The van der Waals surface area contributed by atoms with E-state index in [9.17, 15) is 8.42 Å². The first-order chi connectivity index (χ1) is 10.5. The molecule has 2 saturated heterocycles. The van der Waals surface area contributed by atoms with E-state index in [1.54, 1.807) is 10.5 Å². The molecule has 1 aliphatic carbocycles. The van der Waals surface area contributed by atoms with Crippen LogP contribution in [-0.4, -0.2) is 47.1 Å². The van der Waals surface area contributed by atoms with Crippen LogP contribution in [-0.2, 0) is 14.8 Å². The van der Waals surface area contributed by atoms with E-state index in [1.165, 1.54) is 0 Å². The van der Waals surface area contributed by atoms with Crippen LogP contribution in [0.1, 0.15) is 43.3 Å². The molecule has 0 radical (unpaired) electrons. The minimum Gasteiger partial charge on any atom is -0.367 e. The smallest absolute Gasteiger partial charge is 0.217 e. The number of hydrogen-bond acceptors (Lipinski definition) is 5. The highest BCUT2D eigenvalue weighted by Gasteiger charge is 2.46. The predicted octanol–water partition coefficient (Wildman–Crippen LogP) is 1.43.